The van der Waals surface area contributed by atoms with Crippen molar-refractivity contribution in [1.29, 1.82) is 0 Å². The summed E-state index contributed by atoms with van der Waals surface area (Å²) >= 11 is 0. The first kappa shape index (κ1) is 6.22. The zero-order valence-electron chi connectivity index (χ0n) is 6.26. The Morgan fingerprint density at radius 1 is 1.55 bits per heavy atom. The molecule has 2 aromatic rings. The number of nitrogens with two attached hydrogens (primary N) is 1. The van der Waals surface area contributed by atoms with Crippen molar-refractivity contribution in [2.45, 2.75) is 6.92 Å². The fraction of sp³-hybridized carbons (Fsp3) is 0.125. The van der Waals surface area contributed by atoms with Gasteiger partial charge >= 0.3 is 0 Å². The number of aryl methyl sites for hydroxylation is 1. The van der Waals surface area contributed by atoms with Crippen molar-refractivity contribution < 1.29 is 0 Å². The van der Waals surface area contributed by atoms with E-state index < -0.39 is 0 Å². The first-order valence-electron chi connectivity index (χ1n) is 3.47. The van der Waals surface area contributed by atoms with Gasteiger partial charge in [0.15, 0.2) is 0 Å². The summed E-state index contributed by atoms with van der Waals surface area (Å²) in [4.78, 5) is 7.24. The highest BCUT2D eigenvalue weighted by Crippen LogP contribution is 2.18. The molecule has 0 amide bonds. The Bertz CT molecular complexity index is 389. The lowest BCUT2D eigenvalue weighted by Crippen LogP contribution is -1.85. The lowest BCUT2D eigenvalue weighted by Gasteiger charge is -1.91. The Balaban J connectivity index is 2.90. The van der Waals surface area contributed by atoms with E-state index >= 15 is 0 Å². The summed E-state index contributed by atoms with van der Waals surface area (Å²) in [5.41, 5.74) is 8.44. The number of aromatic nitrogens is 2. The fourth-order valence-corrected chi connectivity index (χ4v) is 1.18. The van der Waals surface area contributed by atoms with Crippen molar-refractivity contribution in [2.24, 2.45) is 0 Å². The maximum absolute atomic E-state index is 5.71. The number of pyridine rings is 1. The van der Waals surface area contributed by atoms with Crippen LogP contribution in [0.2, 0.25) is 0 Å². The number of hydrogen-bond donors (Lipinski definition) is 2. The molecule has 0 fully saturated rings. The summed E-state index contributed by atoms with van der Waals surface area (Å²) < 4.78 is 0. The molecule has 3 nitrogen and oxygen atoms in total. The normalized spacial score (nSPS) is 10.6. The number of nitrogen functional groups attached to an aromatic ring is 1. The van der Waals surface area contributed by atoms with Crippen LogP contribution in [0.5, 0.6) is 0 Å². The van der Waals surface area contributed by atoms with Crippen LogP contribution in [0.4, 0.5) is 5.69 Å². The minimum Gasteiger partial charge on any atom is -0.398 e. The van der Waals surface area contributed by atoms with Gasteiger partial charge in [-0.05, 0) is 19.1 Å². The molecule has 0 aliphatic rings. The molecule has 0 saturated heterocycles. The summed E-state index contributed by atoms with van der Waals surface area (Å²) in [6, 6.07) is 3.80. The van der Waals surface area contributed by atoms with E-state index in [4.69, 9.17) is 5.73 Å². The number of rotatable bonds is 0. The van der Waals surface area contributed by atoms with Gasteiger partial charge < -0.3 is 10.7 Å². The Hall–Kier alpha value is -1.51. The summed E-state index contributed by atoms with van der Waals surface area (Å²) in [7, 11) is 0. The molecule has 0 radical (unpaired) electrons. The van der Waals surface area contributed by atoms with Gasteiger partial charge in [0.1, 0.15) is 5.65 Å². The molecule has 0 unspecified atom stereocenters. The van der Waals surface area contributed by atoms with Gasteiger partial charge in [0.05, 0.1) is 0 Å². The minimum atomic E-state index is 0.777. The Kier molecular flexibility index (Phi) is 1.12. The third-order valence-corrected chi connectivity index (χ3v) is 1.70. The Labute approximate surface area is 64.2 Å². The predicted octanol–water partition coefficient (Wildman–Crippen LogP) is 1.45. The summed E-state index contributed by atoms with van der Waals surface area (Å²) in [5, 5.41) is 1.00. The van der Waals surface area contributed by atoms with Gasteiger partial charge in [-0.3, -0.25) is 0 Å². The van der Waals surface area contributed by atoms with Crippen LogP contribution in [0.1, 0.15) is 5.69 Å². The number of aromatic amines is 1. The third kappa shape index (κ3) is 0.852. The number of fused-ring (bicyclic) bond motifs is 1. The third-order valence-electron chi connectivity index (χ3n) is 1.70. The lowest BCUT2D eigenvalue weighted by atomic mass is 10.3. The molecule has 0 aromatic carbocycles. The SMILES string of the molecule is Cc1cc2c(N)ccnc2[nH]1. The molecule has 3 N–H and O–H groups in total. The van der Waals surface area contributed by atoms with E-state index in [1.807, 2.05) is 13.0 Å². The van der Waals surface area contributed by atoms with Crippen molar-refractivity contribution in [3.8, 4) is 0 Å². The topological polar surface area (TPSA) is 54.7 Å². The van der Waals surface area contributed by atoms with Crippen LogP contribution in [-0.4, -0.2) is 9.97 Å². The molecular formula is C8H9N3. The van der Waals surface area contributed by atoms with Gasteiger partial charge in [0.2, 0.25) is 0 Å². The molecule has 0 saturated carbocycles. The van der Waals surface area contributed by atoms with E-state index in [9.17, 15) is 0 Å². The molecule has 0 aliphatic heterocycles. The molecule has 0 spiro atoms. The molecule has 2 heterocycles. The summed E-state index contributed by atoms with van der Waals surface area (Å²) in [5.74, 6) is 0. The second kappa shape index (κ2) is 1.99. The number of H-pyrrole nitrogens is 1. The second-order valence-corrected chi connectivity index (χ2v) is 2.61. The molecule has 0 atom stereocenters. The number of anilines is 1. The van der Waals surface area contributed by atoms with Crippen molar-refractivity contribution >= 4 is 16.7 Å². The highest BCUT2D eigenvalue weighted by Gasteiger charge is 1.99. The molecule has 0 bridgehead atoms. The first-order valence-corrected chi connectivity index (χ1v) is 3.47. The second-order valence-electron chi connectivity index (χ2n) is 2.61. The molecule has 3 heteroatoms. The van der Waals surface area contributed by atoms with E-state index in [1.54, 1.807) is 12.3 Å². The molecule has 2 rings (SSSR count). The van der Waals surface area contributed by atoms with E-state index in [1.165, 1.54) is 0 Å². The molecular weight excluding hydrogens is 138 g/mol. The van der Waals surface area contributed by atoms with Crippen LogP contribution < -0.4 is 5.73 Å². The van der Waals surface area contributed by atoms with Crippen molar-refractivity contribution in [3.05, 3.63) is 24.0 Å². The Morgan fingerprint density at radius 2 is 2.36 bits per heavy atom. The van der Waals surface area contributed by atoms with Crippen molar-refractivity contribution in [1.82, 2.24) is 9.97 Å². The van der Waals surface area contributed by atoms with Gasteiger partial charge in [0, 0.05) is 23.0 Å². The van der Waals surface area contributed by atoms with Crippen LogP contribution in [-0.2, 0) is 0 Å². The van der Waals surface area contributed by atoms with Gasteiger partial charge in [-0.15, -0.1) is 0 Å². The quantitative estimate of drug-likeness (QED) is 0.592. The monoisotopic (exact) mass is 147 g/mol. The van der Waals surface area contributed by atoms with Crippen LogP contribution in [0.25, 0.3) is 11.0 Å². The minimum absolute atomic E-state index is 0.777. The molecule has 56 valence electrons. The van der Waals surface area contributed by atoms with Crippen LogP contribution >= 0.6 is 0 Å². The van der Waals surface area contributed by atoms with Crippen LogP contribution in [0, 0.1) is 6.92 Å². The van der Waals surface area contributed by atoms with Gasteiger partial charge in [-0.25, -0.2) is 4.98 Å². The zero-order valence-corrected chi connectivity index (χ0v) is 6.26. The maximum Gasteiger partial charge on any atom is 0.139 e. The van der Waals surface area contributed by atoms with Gasteiger partial charge in [0.25, 0.3) is 0 Å². The van der Waals surface area contributed by atoms with E-state index in [0.717, 1.165) is 22.4 Å². The number of hydrogen-bond acceptors (Lipinski definition) is 2. The highest BCUT2D eigenvalue weighted by molar-refractivity contribution is 5.88. The number of nitrogens with zero attached hydrogens (tertiary/aromatic N) is 1. The van der Waals surface area contributed by atoms with E-state index in [0.29, 0.717) is 0 Å². The fourth-order valence-electron chi connectivity index (χ4n) is 1.18. The Morgan fingerprint density at radius 3 is 3.09 bits per heavy atom. The smallest absolute Gasteiger partial charge is 0.139 e. The van der Waals surface area contributed by atoms with Crippen molar-refractivity contribution in [3.63, 3.8) is 0 Å². The summed E-state index contributed by atoms with van der Waals surface area (Å²) in [6.45, 7) is 1.99. The van der Waals surface area contributed by atoms with E-state index in [-0.39, 0.29) is 0 Å². The van der Waals surface area contributed by atoms with Crippen LogP contribution in [0.3, 0.4) is 0 Å². The number of nitrogens with one attached hydrogen (secondary N) is 1. The van der Waals surface area contributed by atoms with Gasteiger partial charge in [-0.1, -0.05) is 0 Å². The average molecular weight is 147 g/mol. The first-order chi connectivity index (χ1) is 5.27. The van der Waals surface area contributed by atoms with E-state index in [2.05, 4.69) is 9.97 Å². The zero-order chi connectivity index (χ0) is 7.84. The largest absolute Gasteiger partial charge is 0.398 e. The van der Waals surface area contributed by atoms with Crippen molar-refractivity contribution in [2.75, 3.05) is 5.73 Å². The van der Waals surface area contributed by atoms with Gasteiger partial charge in [-0.2, -0.15) is 0 Å². The predicted molar refractivity (Wildman–Crippen MR) is 45.2 cm³/mol. The standard InChI is InChI=1S/C8H9N3/c1-5-4-6-7(9)2-3-10-8(6)11-5/h2-4H,1H3,(H3,9,10,11). The lowest BCUT2D eigenvalue weighted by molar-refractivity contribution is 1.25. The highest BCUT2D eigenvalue weighted by atomic mass is 14.9. The molecule has 0 aliphatic carbocycles. The average Bonchev–Trinajstić information content (AvgIpc) is 2.31. The molecule has 11 heavy (non-hydrogen) atoms. The van der Waals surface area contributed by atoms with Crippen LogP contribution in [0.15, 0.2) is 18.3 Å². The summed E-state index contributed by atoms with van der Waals surface area (Å²) in [6.07, 6.45) is 1.70. The maximum atomic E-state index is 5.71. The molecule has 2 aromatic heterocycles.